The average Bonchev–Trinajstić information content (AvgIpc) is 2.76. The van der Waals surface area contributed by atoms with Gasteiger partial charge in [-0.1, -0.05) is 0 Å². The summed E-state index contributed by atoms with van der Waals surface area (Å²) in [5, 5.41) is 3.09. The first-order valence-electron chi connectivity index (χ1n) is 6.47. The molecule has 1 saturated carbocycles. The summed E-state index contributed by atoms with van der Waals surface area (Å²) in [6.07, 6.45) is 4.46. The maximum Gasteiger partial charge on any atom is 0.271 e. The van der Waals surface area contributed by atoms with Crippen molar-refractivity contribution in [1.29, 1.82) is 0 Å². The van der Waals surface area contributed by atoms with Gasteiger partial charge in [0.15, 0.2) is 0 Å². The summed E-state index contributed by atoms with van der Waals surface area (Å²) < 4.78 is 4.15. The van der Waals surface area contributed by atoms with Crippen molar-refractivity contribution >= 4 is 17.4 Å². The van der Waals surface area contributed by atoms with E-state index < -0.39 is 0 Å². The lowest BCUT2D eigenvalue weighted by molar-refractivity contribution is 0.0912. The minimum atomic E-state index is -0.0207. The Morgan fingerprint density at radius 1 is 1.39 bits per heavy atom. The topological polar surface area (TPSA) is 45.2 Å². The minimum Gasteiger partial charge on any atom is -0.348 e. The molecule has 0 radical (unpaired) electrons. The third-order valence-corrected chi connectivity index (χ3v) is 4.32. The van der Waals surface area contributed by atoms with Crippen molar-refractivity contribution in [2.45, 2.75) is 44.7 Å². The number of carbonyl (C=O) groups is 1. The van der Waals surface area contributed by atoms with Crippen LogP contribution in [0.1, 0.15) is 41.0 Å². The van der Waals surface area contributed by atoms with E-state index in [2.05, 4.69) is 28.7 Å². The van der Waals surface area contributed by atoms with E-state index in [9.17, 15) is 4.79 Å². The molecule has 5 heteroatoms. The highest BCUT2D eigenvalue weighted by molar-refractivity contribution is 7.05. The van der Waals surface area contributed by atoms with Crippen LogP contribution in [0.25, 0.3) is 0 Å². The largest absolute Gasteiger partial charge is 0.348 e. The number of nitrogens with zero attached hydrogens (tertiary/aromatic N) is 2. The van der Waals surface area contributed by atoms with Crippen molar-refractivity contribution in [2.75, 3.05) is 14.1 Å². The predicted octanol–water partition coefficient (Wildman–Crippen LogP) is 2.05. The smallest absolute Gasteiger partial charge is 0.271 e. The molecule has 1 aromatic rings. The van der Waals surface area contributed by atoms with E-state index in [4.69, 9.17) is 0 Å². The Labute approximate surface area is 113 Å². The monoisotopic (exact) mass is 267 g/mol. The van der Waals surface area contributed by atoms with Crippen molar-refractivity contribution in [1.82, 2.24) is 14.6 Å². The van der Waals surface area contributed by atoms with Crippen molar-refractivity contribution < 1.29 is 4.79 Å². The first-order valence-corrected chi connectivity index (χ1v) is 7.24. The highest BCUT2D eigenvalue weighted by atomic mass is 32.1. The first kappa shape index (κ1) is 13.5. The lowest BCUT2D eigenvalue weighted by Gasteiger charge is -2.32. The Hall–Kier alpha value is -0.940. The van der Waals surface area contributed by atoms with Crippen LogP contribution < -0.4 is 5.32 Å². The van der Waals surface area contributed by atoms with Crippen LogP contribution in [0.15, 0.2) is 6.07 Å². The van der Waals surface area contributed by atoms with Crippen molar-refractivity contribution in [3.05, 3.63) is 16.6 Å². The number of hydrogen-bond donors (Lipinski definition) is 1. The molecule has 18 heavy (non-hydrogen) atoms. The zero-order valence-corrected chi connectivity index (χ0v) is 12.1. The van der Waals surface area contributed by atoms with Crippen molar-refractivity contribution in [2.24, 2.45) is 0 Å². The van der Waals surface area contributed by atoms with Crippen LogP contribution in [0.5, 0.6) is 0 Å². The first-order chi connectivity index (χ1) is 8.56. The van der Waals surface area contributed by atoms with Crippen LogP contribution in [0, 0.1) is 6.92 Å². The summed E-state index contributed by atoms with van der Waals surface area (Å²) in [7, 11) is 4.25. The third kappa shape index (κ3) is 3.29. The fraction of sp³-hybridized carbons (Fsp3) is 0.692. The number of amides is 1. The highest BCUT2D eigenvalue weighted by Crippen LogP contribution is 2.22. The molecule has 1 fully saturated rings. The van der Waals surface area contributed by atoms with Crippen LogP contribution in [-0.2, 0) is 0 Å². The Morgan fingerprint density at radius 3 is 2.56 bits per heavy atom. The summed E-state index contributed by atoms with van der Waals surface area (Å²) >= 11 is 1.38. The second-order valence-corrected chi connectivity index (χ2v) is 6.27. The third-order valence-electron chi connectivity index (χ3n) is 3.62. The summed E-state index contributed by atoms with van der Waals surface area (Å²) in [5.41, 5.74) is 0.562. The normalized spacial score (nSPS) is 24.2. The molecule has 1 aliphatic rings. The van der Waals surface area contributed by atoms with Gasteiger partial charge in [0.1, 0.15) is 5.69 Å². The van der Waals surface area contributed by atoms with Gasteiger partial charge in [0.05, 0.1) is 0 Å². The summed E-state index contributed by atoms with van der Waals surface area (Å²) in [4.78, 5) is 15.3. The molecule has 0 spiro atoms. The molecule has 4 nitrogen and oxygen atoms in total. The molecule has 0 aromatic carbocycles. The molecule has 0 aliphatic heterocycles. The second kappa shape index (κ2) is 5.80. The molecular formula is C13H21N3OS. The summed E-state index contributed by atoms with van der Waals surface area (Å²) in [6.45, 7) is 1.97. The van der Waals surface area contributed by atoms with Gasteiger partial charge in [-0.3, -0.25) is 4.79 Å². The van der Waals surface area contributed by atoms with Gasteiger partial charge in [0.2, 0.25) is 0 Å². The standard InChI is InChI=1S/C13H21N3OS/c1-9-8-12(15-18-9)13(17)14-10-4-6-11(7-5-10)16(2)3/h8,10-11H,4-7H2,1-3H3,(H,14,17). The molecule has 0 bridgehead atoms. The quantitative estimate of drug-likeness (QED) is 0.911. The van der Waals surface area contributed by atoms with Crippen LogP contribution in [-0.4, -0.2) is 41.4 Å². The Balaban J connectivity index is 1.83. The zero-order valence-electron chi connectivity index (χ0n) is 11.3. The molecule has 1 N–H and O–H groups in total. The number of rotatable bonds is 3. The lowest BCUT2D eigenvalue weighted by atomic mass is 9.90. The molecule has 1 aromatic heterocycles. The van der Waals surface area contributed by atoms with E-state index in [1.807, 2.05) is 13.0 Å². The molecule has 0 atom stereocenters. The van der Waals surface area contributed by atoms with E-state index in [-0.39, 0.29) is 5.91 Å². The Bertz CT molecular complexity index is 408. The van der Waals surface area contributed by atoms with Crippen molar-refractivity contribution in [3.63, 3.8) is 0 Å². The summed E-state index contributed by atoms with van der Waals surface area (Å²) in [6, 6.07) is 2.83. The maximum absolute atomic E-state index is 12.0. The lowest BCUT2D eigenvalue weighted by Crippen LogP contribution is -2.41. The van der Waals surface area contributed by atoms with Gasteiger partial charge < -0.3 is 10.2 Å². The van der Waals surface area contributed by atoms with E-state index in [0.29, 0.717) is 17.8 Å². The fourth-order valence-corrected chi connectivity index (χ4v) is 3.01. The van der Waals surface area contributed by atoms with E-state index in [1.54, 1.807) is 0 Å². The predicted molar refractivity (Wildman–Crippen MR) is 74.0 cm³/mol. The van der Waals surface area contributed by atoms with Crippen LogP contribution in [0.2, 0.25) is 0 Å². The van der Waals surface area contributed by atoms with Gasteiger partial charge in [-0.2, -0.15) is 4.37 Å². The van der Waals surface area contributed by atoms with E-state index in [1.165, 1.54) is 11.5 Å². The number of aryl methyl sites for hydroxylation is 1. The molecular weight excluding hydrogens is 246 g/mol. The van der Waals surface area contributed by atoms with Crippen LogP contribution >= 0.6 is 11.5 Å². The Kier molecular flexibility index (Phi) is 4.35. The van der Waals surface area contributed by atoms with Crippen LogP contribution in [0.3, 0.4) is 0 Å². The van der Waals surface area contributed by atoms with E-state index in [0.717, 1.165) is 30.6 Å². The second-order valence-electron chi connectivity index (χ2n) is 5.27. The maximum atomic E-state index is 12.0. The van der Waals surface area contributed by atoms with Gasteiger partial charge in [-0.05, 0) is 64.3 Å². The van der Waals surface area contributed by atoms with Gasteiger partial charge in [0.25, 0.3) is 5.91 Å². The van der Waals surface area contributed by atoms with Gasteiger partial charge >= 0.3 is 0 Å². The van der Waals surface area contributed by atoms with Crippen molar-refractivity contribution in [3.8, 4) is 0 Å². The molecule has 0 unspecified atom stereocenters. The number of hydrogen-bond acceptors (Lipinski definition) is 4. The van der Waals surface area contributed by atoms with Gasteiger partial charge in [-0.15, -0.1) is 0 Å². The number of nitrogens with one attached hydrogen (secondary N) is 1. The number of carbonyl (C=O) groups excluding carboxylic acids is 1. The van der Waals surface area contributed by atoms with Gasteiger partial charge in [-0.25, -0.2) is 0 Å². The molecule has 2 rings (SSSR count). The van der Waals surface area contributed by atoms with Crippen LogP contribution in [0.4, 0.5) is 0 Å². The Morgan fingerprint density at radius 2 is 2.06 bits per heavy atom. The minimum absolute atomic E-state index is 0.0207. The van der Waals surface area contributed by atoms with E-state index >= 15 is 0 Å². The number of aromatic nitrogens is 1. The average molecular weight is 267 g/mol. The summed E-state index contributed by atoms with van der Waals surface area (Å²) in [5.74, 6) is -0.0207. The van der Waals surface area contributed by atoms with Gasteiger partial charge in [0, 0.05) is 17.0 Å². The zero-order chi connectivity index (χ0) is 13.1. The SMILES string of the molecule is Cc1cc(C(=O)NC2CCC(N(C)C)CC2)ns1. The molecule has 1 heterocycles. The molecule has 1 aliphatic carbocycles. The highest BCUT2D eigenvalue weighted by Gasteiger charge is 2.24. The molecule has 1 amide bonds. The molecule has 0 saturated heterocycles. The molecule has 100 valence electrons. The fourth-order valence-electron chi connectivity index (χ4n) is 2.47.